The van der Waals surface area contributed by atoms with Gasteiger partial charge in [0, 0.05) is 6.54 Å². The number of primary amides is 1. The van der Waals surface area contributed by atoms with Crippen LogP contribution in [-0.2, 0) is 30.4 Å². The second-order valence-corrected chi connectivity index (χ2v) is 9.11. The number of aliphatic imine (C=N–C) groups is 1. The summed E-state index contributed by atoms with van der Waals surface area (Å²) in [7, 11) is 0. The van der Waals surface area contributed by atoms with Gasteiger partial charge in [-0.15, -0.1) is 0 Å². The van der Waals surface area contributed by atoms with Gasteiger partial charge in [-0.05, 0) is 30.7 Å². The van der Waals surface area contributed by atoms with Gasteiger partial charge >= 0.3 is 5.97 Å². The fraction of sp³-hybridized carbons (Fsp3) is 0.500. The van der Waals surface area contributed by atoms with Gasteiger partial charge < -0.3 is 44.0 Å². The molecule has 0 aliphatic heterocycles. The third-order valence-electron chi connectivity index (χ3n) is 5.48. The number of hydrogen-bond donors (Lipinski definition) is 8. The highest BCUT2D eigenvalue weighted by atomic mass is 16.4. The van der Waals surface area contributed by atoms with Crippen molar-refractivity contribution in [3.8, 4) is 0 Å². The molecule has 0 aliphatic carbocycles. The van der Waals surface area contributed by atoms with E-state index in [1.54, 1.807) is 13.8 Å². The smallest absolute Gasteiger partial charge is 0.326 e. The van der Waals surface area contributed by atoms with Crippen LogP contribution in [0.5, 0.6) is 0 Å². The molecule has 0 saturated carbocycles. The molecule has 38 heavy (non-hydrogen) atoms. The van der Waals surface area contributed by atoms with E-state index in [9.17, 15) is 29.1 Å². The molecule has 1 aromatic rings. The number of carbonyl (C=O) groups is 5. The molecule has 12 N–H and O–H groups in total. The second-order valence-electron chi connectivity index (χ2n) is 9.11. The molecule has 210 valence electrons. The molecular weight excluding hydrogens is 496 g/mol. The molecule has 0 bridgehead atoms. The van der Waals surface area contributed by atoms with Crippen molar-refractivity contribution in [3.63, 3.8) is 0 Å². The number of carbonyl (C=O) groups excluding carboxylic acids is 4. The standard InChI is InChI=1S/C24H38N8O6/c1-13(2)19(32-20(34)15(25)11-14-7-4-3-5-8-14)22(36)30-16(9-6-10-29-24(27)28)21(35)31-17(23(37)38)12-18(26)33/h3-5,7-8,13,15-17,19H,6,9-12,25H2,1-2H3,(H2,26,33)(H,30,36)(H,31,35)(H,32,34)(H,37,38)(H4,27,28,29). The van der Waals surface area contributed by atoms with E-state index in [0.717, 1.165) is 5.56 Å². The molecule has 4 unspecified atom stereocenters. The third kappa shape index (κ3) is 11.7. The molecule has 0 aromatic heterocycles. The largest absolute Gasteiger partial charge is 0.480 e. The van der Waals surface area contributed by atoms with Crippen molar-refractivity contribution in [2.45, 2.75) is 63.7 Å². The summed E-state index contributed by atoms with van der Waals surface area (Å²) in [6.07, 6.45) is -0.0981. The van der Waals surface area contributed by atoms with E-state index in [0.29, 0.717) is 0 Å². The Hall–Kier alpha value is -4.20. The van der Waals surface area contributed by atoms with Crippen LogP contribution < -0.4 is 38.9 Å². The first-order chi connectivity index (χ1) is 17.8. The summed E-state index contributed by atoms with van der Waals surface area (Å²) in [6.45, 7) is 3.55. The van der Waals surface area contributed by atoms with Crippen molar-refractivity contribution in [1.29, 1.82) is 0 Å². The molecule has 0 spiro atoms. The summed E-state index contributed by atoms with van der Waals surface area (Å²) in [5.41, 5.74) is 22.6. The van der Waals surface area contributed by atoms with Crippen LogP contribution in [0, 0.1) is 5.92 Å². The number of carboxylic acids is 1. The van der Waals surface area contributed by atoms with Gasteiger partial charge in [0.2, 0.25) is 23.6 Å². The summed E-state index contributed by atoms with van der Waals surface area (Å²) in [4.78, 5) is 65.3. The first kappa shape index (κ1) is 31.8. The van der Waals surface area contributed by atoms with E-state index >= 15 is 0 Å². The highest BCUT2D eigenvalue weighted by molar-refractivity contribution is 5.95. The summed E-state index contributed by atoms with van der Waals surface area (Å²) in [5, 5.41) is 16.7. The lowest BCUT2D eigenvalue weighted by Crippen LogP contribution is -2.58. The van der Waals surface area contributed by atoms with Gasteiger partial charge in [0.25, 0.3) is 0 Å². The number of hydrogen-bond acceptors (Lipinski definition) is 7. The summed E-state index contributed by atoms with van der Waals surface area (Å²) >= 11 is 0. The van der Waals surface area contributed by atoms with Crippen LogP contribution in [0.15, 0.2) is 35.3 Å². The molecule has 4 amide bonds. The third-order valence-corrected chi connectivity index (χ3v) is 5.48. The van der Waals surface area contributed by atoms with Gasteiger partial charge in [-0.25, -0.2) is 4.79 Å². The maximum Gasteiger partial charge on any atom is 0.326 e. The second kappa shape index (κ2) is 15.8. The van der Waals surface area contributed by atoms with Gasteiger partial charge in [0.1, 0.15) is 18.1 Å². The zero-order chi connectivity index (χ0) is 28.8. The Morgan fingerprint density at radius 1 is 0.895 bits per heavy atom. The molecule has 1 rings (SSSR count). The minimum atomic E-state index is -1.59. The zero-order valence-corrected chi connectivity index (χ0v) is 21.6. The molecule has 14 nitrogen and oxygen atoms in total. The first-order valence-corrected chi connectivity index (χ1v) is 12.1. The lowest BCUT2D eigenvalue weighted by molar-refractivity contribution is -0.143. The highest BCUT2D eigenvalue weighted by Crippen LogP contribution is 2.08. The number of rotatable bonds is 16. The Kier molecular flexibility index (Phi) is 13.2. The van der Waals surface area contributed by atoms with Crippen molar-refractivity contribution >= 4 is 35.6 Å². The van der Waals surface area contributed by atoms with Crippen LogP contribution in [0.25, 0.3) is 0 Å². The molecule has 0 aliphatic rings. The van der Waals surface area contributed by atoms with Crippen molar-refractivity contribution in [2.24, 2.45) is 33.8 Å². The van der Waals surface area contributed by atoms with E-state index in [2.05, 4.69) is 20.9 Å². The maximum atomic E-state index is 13.1. The molecule has 0 saturated heterocycles. The van der Waals surface area contributed by atoms with E-state index in [-0.39, 0.29) is 37.7 Å². The zero-order valence-electron chi connectivity index (χ0n) is 21.6. The molecule has 1 aromatic carbocycles. The van der Waals surface area contributed by atoms with Gasteiger partial charge in [0.15, 0.2) is 5.96 Å². The number of nitrogens with two attached hydrogens (primary N) is 4. The van der Waals surface area contributed by atoms with Gasteiger partial charge in [0.05, 0.1) is 12.5 Å². The van der Waals surface area contributed by atoms with Crippen molar-refractivity contribution in [3.05, 3.63) is 35.9 Å². The Morgan fingerprint density at radius 2 is 1.50 bits per heavy atom. The fourth-order valence-electron chi connectivity index (χ4n) is 3.46. The number of nitrogens with one attached hydrogen (secondary N) is 3. The van der Waals surface area contributed by atoms with Crippen molar-refractivity contribution in [1.82, 2.24) is 16.0 Å². The molecule has 0 heterocycles. The van der Waals surface area contributed by atoms with Crippen LogP contribution in [0.4, 0.5) is 0 Å². The number of nitrogens with zero attached hydrogens (tertiary/aromatic N) is 1. The predicted molar refractivity (Wildman–Crippen MR) is 140 cm³/mol. The molecular formula is C24H38N8O6. The van der Waals surface area contributed by atoms with Gasteiger partial charge in [-0.2, -0.15) is 0 Å². The summed E-state index contributed by atoms with van der Waals surface area (Å²) < 4.78 is 0. The topological polar surface area (TPSA) is 258 Å². The Bertz CT molecular complexity index is 997. The number of aliphatic carboxylic acids is 1. The predicted octanol–water partition coefficient (Wildman–Crippen LogP) is -2.32. The van der Waals surface area contributed by atoms with E-state index in [1.165, 1.54) is 0 Å². The summed E-state index contributed by atoms with van der Waals surface area (Å²) in [5.74, 6) is -5.02. The molecule has 4 atom stereocenters. The van der Waals surface area contributed by atoms with Crippen molar-refractivity contribution < 1.29 is 29.1 Å². The average molecular weight is 535 g/mol. The van der Waals surface area contributed by atoms with E-state index in [1.807, 2.05) is 30.3 Å². The SMILES string of the molecule is CC(C)C(NC(=O)C(N)Cc1ccccc1)C(=O)NC(CCCN=C(N)N)C(=O)NC(CC(N)=O)C(=O)O. The lowest BCUT2D eigenvalue weighted by Gasteiger charge is -2.27. The lowest BCUT2D eigenvalue weighted by atomic mass is 10.0. The monoisotopic (exact) mass is 534 g/mol. The fourth-order valence-corrected chi connectivity index (χ4v) is 3.46. The Balaban J connectivity index is 2.98. The molecule has 0 fully saturated rings. The number of amides is 4. The maximum absolute atomic E-state index is 13.1. The molecule has 0 radical (unpaired) electrons. The summed E-state index contributed by atoms with van der Waals surface area (Å²) in [6, 6.07) is 4.36. The quantitative estimate of drug-likeness (QED) is 0.0642. The van der Waals surface area contributed by atoms with Crippen LogP contribution >= 0.6 is 0 Å². The Morgan fingerprint density at radius 3 is 2.03 bits per heavy atom. The normalized spacial score (nSPS) is 13.9. The number of guanidine groups is 1. The number of carboxylic acid groups (broad SMARTS) is 1. The molecule has 14 heteroatoms. The van der Waals surface area contributed by atoms with E-state index < -0.39 is 60.2 Å². The minimum Gasteiger partial charge on any atom is -0.480 e. The Labute approximate surface area is 221 Å². The average Bonchev–Trinajstić information content (AvgIpc) is 2.83. The van der Waals surface area contributed by atoms with Crippen LogP contribution in [-0.4, -0.2) is 71.4 Å². The van der Waals surface area contributed by atoms with Crippen LogP contribution in [0.1, 0.15) is 38.7 Å². The van der Waals surface area contributed by atoms with Crippen LogP contribution in [0.3, 0.4) is 0 Å². The van der Waals surface area contributed by atoms with Gasteiger partial charge in [-0.3, -0.25) is 24.2 Å². The van der Waals surface area contributed by atoms with Gasteiger partial charge in [-0.1, -0.05) is 44.2 Å². The number of benzene rings is 1. The minimum absolute atomic E-state index is 0.0313. The van der Waals surface area contributed by atoms with E-state index in [4.69, 9.17) is 22.9 Å². The first-order valence-electron chi connectivity index (χ1n) is 12.1. The van der Waals surface area contributed by atoms with Crippen LogP contribution in [0.2, 0.25) is 0 Å². The van der Waals surface area contributed by atoms with Crippen molar-refractivity contribution in [2.75, 3.05) is 6.54 Å². The highest BCUT2D eigenvalue weighted by Gasteiger charge is 2.32.